The molecule has 0 aromatic heterocycles. The van der Waals surface area contributed by atoms with Crippen LogP contribution >= 0.6 is 15.9 Å². The number of rotatable bonds is 9. The number of hydrogen-bond donors (Lipinski definition) is 0. The molecular formula is C26H47BrO3. The molecule has 4 heteroatoms. The van der Waals surface area contributed by atoms with Gasteiger partial charge in [-0.15, -0.1) is 0 Å². The summed E-state index contributed by atoms with van der Waals surface area (Å²) in [6, 6.07) is 10.5. The topological polar surface area (TPSA) is 35.5 Å². The van der Waals surface area contributed by atoms with Crippen molar-refractivity contribution in [2.24, 2.45) is 10.8 Å². The fourth-order valence-corrected chi connectivity index (χ4v) is 3.31. The van der Waals surface area contributed by atoms with E-state index in [-0.39, 0.29) is 21.6 Å². The second-order valence-corrected chi connectivity index (χ2v) is 11.1. The first-order valence-corrected chi connectivity index (χ1v) is 12.0. The van der Waals surface area contributed by atoms with E-state index in [9.17, 15) is 4.79 Å². The smallest absolute Gasteiger partial charge is 0.312 e. The van der Waals surface area contributed by atoms with Crippen LogP contribution in [0.5, 0.6) is 0 Å². The minimum absolute atomic E-state index is 0.0817. The normalized spacial score (nSPS) is 12.7. The summed E-state index contributed by atoms with van der Waals surface area (Å²) in [7, 11) is 1.60. The van der Waals surface area contributed by atoms with Crippen LogP contribution in [0.1, 0.15) is 93.6 Å². The molecular weight excluding hydrogens is 440 g/mol. The summed E-state index contributed by atoms with van der Waals surface area (Å²) in [5.41, 5.74) is 0.426. The highest BCUT2D eigenvalue weighted by Gasteiger charge is 2.47. The Labute approximate surface area is 195 Å². The summed E-state index contributed by atoms with van der Waals surface area (Å²) in [5, 5.41) is 0. The van der Waals surface area contributed by atoms with Gasteiger partial charge in [0.15, 0.2) is 0 Å². The Morgan fingerprint density at radius 1 is 0.967 bits per heavy atom. The van der Waals surface area contributed by atoms with E-state index in [4.69, 9.17) is 9.47 Å². The number of benzene rings is 1. The van der Waals surface area contributed by atoms with Gasteiger partial charge in [-0.2, -0.15) is 0 Å². The minimum Gasteiger partial charge on any atom is -0.463 e. The molecule has 0 N–H and O–H groups in total. The van der Waals surface area contributed by atoms with Crippen LogP contribution < -0.4 is 0 Å². The SMILES string of the molecule is CC.CCC.COCCOC(=O)C(C)(C)C(C)(C)CC(c1ccccc1)C(C)(C)Br. The van der Waals surface area contributed by atoms with Gasteiger partial charge in [-0.05, 0) is 51.0 Å². The van der Waals surface area contributed by atoms with Crippen molar-refractivity contribution in [2.75, 3.05) is 20.3 Å². The van der Waals surface area contributed by atoms with Crippen molar-refractivity contribution in [2.45, 2.75) is 92.3 Å². The van der Waals surface area contributed by atoms with E-state index in [0.29, 0.717) is 13.2 Å². The summed E-state index contributed by atoms with van der Waals surface area (Å²) in [4.78, 5) is 12.7. The molecule has 0 aliphatic heterocycles. The van der Waals surface area contributed by atoms with Crippen molar-refractivity contribution in [3.63, 3.8) is 0 Å². The van der Waals surface area contributed by atoms with E-state index in [1.165, 1.54) is 12.0 Å². The summed E-state index contributed by atoms with van der Waals surface area (Å²) in [6.45, 7) is 21.6. The molecule has 30 heavy (non-hydrogen) atoms. The van der Waals surface area contributed by atoms with Gasteiger partial charge in [-0.1, -0.05) is 94.2 Å². The quantitative estimate of drug-likeness (QED) is 0.201. The average Bonchev–Trinajstić information content (AvgIpc) is 2.68. The van der Waals surface area contributed by atoms with E-state index in [1.807, 2.05) is 33.8 Å². The molecule has 0 radical (unpaired) electrons. The van der Waals surface area contributed by atoms with Crippen LogP contribution in [0.2, 0.25) is 0 Å². The lowest BCUT2D eigenvalue weighted by Crippen LogP contribution is -2.43. The Balaban J connectivity index is 0. The predicted molar refractivity (Wildman–Crippen MR) is 135 cm³/mol. The molecule has 0 heterocycles. The molecule has 0 aliphatic rings. The van der Waals surface area contributed by atoms with Crippen LogP contribution in [0.15, 0.2) is 30.3 Å². The zero-order valence-electron chi connectivity index (χ0n) is 21.4. The molecule has 1 aromatic rings. The lowest BCUT2D eigenvalue weighted by atomic mass is 9.62. The first kappa shape index (κ1) is 31.3. The van der Waals surface area contributed by atoms with E-state index >= 15 is 0 Å². The van der Waals surface area contributed by atoms with Crippen molar-refractivity contribution < 1.29 is 14.3 Å². The van der Waals surface area contributed by atoms with Gasteiger partial charge in [0.2, 0.25) is 0 Å². The third kappa shape index (κ3) is 10.4. The molecule has 0 bridgehead atoms. The van der Waals surface area contributed by atoms with Crippen molar-refractivity contribution in [3.8, 4) is 0 Å². The molecule has 1 atom stereocenters. The lowest BCUT2D eigenvalue weighted by molar-refractivity contribution is -0.162. The lowest BCUT2D eigenvalue weighted by Gasteiger charge is -2.44. The van der Waals surface area contributed by atoms with Gasteiger partial charge in [0.1, 0.15) is 6.61 Å². The Kier molecular flexibility index (Phi) is 15.7. The van der Waals surface area contributed by atoms with Crippen molar-refractivity contribution in [1.82, 2.24) is 0 Å². The number of methoxy groups -OCH3 is 1. The van der Waals surface area contributed by atoms with Crippen molar-refractivity contribution in [1.29, 1.82) is 0 Å². The number of hydrogen-bond acceptors (Lipinski definition) is 3. The maximum absolute atomic E-state index is 12.7. The second kappa shape index (κ2) is 15.0. The van der Waals surface area contributed by atoms with E-state index < -0.39 is 5.41 Å². The zero-order valence-corrected chi connectivity index (χ0v) is 23.0. The summed E-state index contributed by atoms with van der Waals surface area (Å²) in [5.74, 6) is 0.100. The van der Waals surface area contributed by atoms with Gasteiger partial charge in [-0.25, -0.2) is 0 Å². The number of halogens is 1. The largest absolute Gasteiger partial charge is 0.463 e. The van der Waals surface area contributed by atoms with E-state index in [1.54, 1.807) is 7.11 Å². The Bertz CT molecular complexity index is 559. The van der Waals surface area contributed by atoms with Gasteiger partial charge >= 0.3 is 5.97 Å². The Hall–Kier alpha value is -0.870. The number of esters is 1. The monoisotopic (exact) mass is 486 g/mol. The van der Waals surface area contributed by atoms with Gasteiger partial charge in [0.25, 0.3) is 0 Å². The summed E-state index contributed by atoms with van der Waals surface area (Å²) < 4.78 is 10.3. The maximum atomic E-state index is 12.7. The average molecular weight is 488 g/mol. The van der Waals surface area contributed by atoms with Crippen molar-refractivity contribution in [3.05, 3.63) is 35.9 Å². The highest BCUT2D eigenvalue weighted by molar-refractivity contribution is 9.10. The molecule has 0 aliphatic carbocycles. The fourth-order valence-electron chi connectivity index (χ4n) is 2.88. The van der Waals surface area contributed by atoms with Crippen LogP contribution in [0, 0.1) is 10.8 Å². The van der Waals surface area contributed by atoms with Crippen LogP contribution in [-0.4, -0.2) is 30.6 Å². The molecule has 1 aromatic carbocycles. The molecule has 0 fully saturated rings. The van der Waals surface area contributed by atoms with Gasteiger partial charge in [0, 0.05) is 11.4 Å². The molecule has 0 amide bonds. The number of carbonyl (C=O) groups excluding carboxylic acids is 1. The summed E-state index contributed by atoms with van der Waals surface area (Å²) in [6.07, 6.45) is 2.11. The van der Waals surface area contributed by atoms with E-state index in [0.717, 1.165) is 6.42 Å². The van der Waals surface area contributed by atoms with Crippen LogP contribution in [0.3, 0.4) is 0 Å². The van der Waals surface area contributed by atoms with Gasteiger partial charge in [0.05, 0.1) is 12.0 Å². The Morgan fingerprint density at radius 3 is 1.83 bits per heavy atom. The number of alkyl halides is 1. The second-order valence-electron chi connectivity index (χ2n) is 9.08. The van der Waals surface area contributed by atoms with Crippen LogP contribution in [0.4, 0.5) is 0 Å². The first-order valence-electron chi connectivity index (χ1n) is 11.2. The Morgan fingerprint density at radius 2 is 1.43 bits per heavy atom. The third-order valence-corrected chi connectivity index (χ3v) is 6.02. The number of carbonyl (C=O) groups is 1. The molecule has 1 unspecified atom stereocenters. The molecule has 3 nitrogen and oxygen atoms in total. The highest BCUT2D eigenvalue weighted by atomic mass is 79.9. The summed E-state index contributed by atoms with van der Waals surface area (Å²) >= 11 is 3.86. The zero-order chi connectivity index (χ0) is 24.0. The standard InChI is InChI=1S/C21H33BrO3.C3H8.C2H6/c1-19(2,20(3,4)18(23)25-14-13-24-7)15-17(21(5,6)22)16-11-9-8-10-12-16;1-3-2;1-2/h8-12,17H,13-15H2,1-7H3;3H2,1-2H3;1-2H3. The fraction of sp³-hybridized carbons (Fsp3) is 0.731. The van der Waals surface area contributed by atoms with E-state index in [2.05, 4.69) is 81.7 Å². The highest BCUT2D eigenvalue weighted by Crippen LogP contribution is 2.50. The van der Waals surface area contributed by atoms with Gasteiger partial charge < -0.3 is 9.47 Å². The van der Waals surface area contributed by atoms with Crippen molar-refractivity contribution >= 4 is 21.9 Å². The third-order valence-electron chi connectivity index (χ3n) is 5.47. The molecule has 0 spiro atoms. The first-order chi connectivity index (χ1) is 13.8. The molecule has 0 saturated heterocycles. The molecule has 176 valence electrons. The predicted octanol–water partition coefficient (Wildman–Crippen LogP) is 8.02. The molecule has 1 rings (SSSR count). The minimum atomic E-state index is -0.605. The molecule has 0 saturated carbocycles. The van der Waals surface area contributed by atoms with Crippen LogP contribution in [-0.2, 0) is 14.3 Å². The van der Waals surface area contributed by atoms with Crippen LogP contribution in [0.25, 0.3) is 0 Å². The van der Waals surface area contributed by atoms with Gasteiger partial charge in [-0.3, -0.25) is 4.79 Å². The number of ether oxygens (including phenoxy) is 2. The maximum Gasteiger partial charge on any atom is 0.312 e.